The van der Waals surface area contributed by atoms with E-state index in [-0.39, 0.29) is 0 Å². The van der Waals surface area contributed by atoms with Crippen molar-refractivity contribution in [3.63, 3.8) is 0 Å². The second-order valence-corrected chi connectivity index (χ2v) is 6.11. The molecular weight excluding hydrogens is 314 g/mol. The number of hydrogen-bond donors (Lipinski definition) is 1. The van der Waals surface area contributed by atoms with Gasteiger partial charge in [0, 0.05) is 17.8 Å². The lowest BCUT2D eigenvalue weighted by Crippen LogP contribution is -1.97. The molecular formula is C25H23N. The highest BCUT2D eigenvalue weighted by atomic mass is 14.9. The van der Waals surface area contributed by atoms with Gasteiger partial charge < -0.3 is 5.32 Å². The van der Waals surface area contributed by atoms with Crippen molar-refractivity contribution in [2.75, 3.05) is 5.32 Å². The van der Waals surface area contributed by atoms with Crippen molar-refractivity contribution >= 4 is 16.8 Å². The summed E-state index contributed by atoms with van der Waals surface area (Å²) in [5.41, 5.74) is 6.79. The van der Waals surface area contributed by atoms with E-state index < -0.39 is 0 Å². The van der Waals surface area contributed by atoms with Gasteiger partial charge in [0.25, 0.3) is 0 Å². The zero-order chi connectivity index (χ0) is 18.2. The molecule has 128 valence electrons. The molecule has 1 heteroatoms. The van der Waals surface area contributed by atoms with Gasteiger partial charge >= 0.3 is 0 Å². The largest absolute Gasteiger partial charge is 0.359 e. The molecule has 0 spiro atoms. The molecule has 0 saturated carbocycles. The van der Waals surface area contributed by atoms with E-state index in [0.717, 1.165) is 23.2 Å². The van der Waals surface area contributed by atoms with Gasteiger partial charge in [-0.3, -0.25) is 0 Å². The van der Waals surface area contributed by atoms with Gasteiger partial charge in [0.15, 0.2) is 0 Å². The van der Waals surface area contributed by atoms with Gasteiger partial charge in [0.1, 0.15) is 0 Å². The third kappa shape index (κ3) is 4.61. The SMILES string of the molecule is C=C/C=C\C(=C)c1ccc(C2=CC=C(Nc3ccccc3)CC=C2)cc1. The van der Waals surface area contributed by atoms with Gasteiger partial charge in [-0.1, -0.05) is 92.1 Å². The van der Waals surface area contributed by atoms with E-state index in [1.165, 1.54) is 16.8 Å². The van der Waals surface area contributed by atoms with Crippen molar-refractivity contribution in [1.82, 2.24) is 0 Å². The van der Waals surface area contributed by atoms with Gasteiger partial charge in [0.2, 0.25) is 0 Å². The van der Waals surface area contributed by atoms with Crippen LogP contribution in [0.25, 0.3) is 11.1 Å². The predicted molar refractivity (Wildman–Crippen MR) is 115 cm³/mol. The van der Waals surface area contributed by atoms with Crippen LogP contribution in [0.4, 0.5) is 5.69 Å². The first-order valence-corrected chi connectivity index (χ1v) is 8.74. The minimum Gasteiger partial charge on any atom is -0.359 e. The third-order valence-electron chi connectivity index (χ3n) is 4.20. The lowest BCUT2D eigenvalue weighted by atomic mass is 10.0. The maximum absolute atomic E-state index is 4.09. The normalized spacial score (nSPS) is 13.7. The Hall–Kier alpha value is -3.32. The Morgan fingerprint density at radius 1 is 0.962 bits per heavy atom. The number of benzene rings is 2. The lowest BCUT2D eigenvalue weighted by Gasteiger charge is -2.07. The molecule has 0 radical (unpaired) electrons. The summed E-state index contributed by atoms with van der Waals surface area (Å²) in [7, 11) is 0. The summed E-state index contributed by atoms with van der Waals surface area (Å²) in [5, 5.41) is 3.47. The van der Waals surface area contributed by atoms with Crippen LogP contribution in [-0.2, 0) is 0 Å². The molecule has 2 aromatic rings. The molecule has 0 saturated heterocycles. The zero-order valence-corrected chi connectivity index (χ0v) is 14.9. The highest BCUT2D eigenvalue weighted by Gasteiger charge is 2.03. The quantitative estimate of drug-likeness (QED) is 0.573. The maximum atomic E-state index is 4.09. The molecule has 0 bridgehead atoms. The number of hydrogen-bond acceptors (Lipinski definition) is 1. The Morgan fingerprint density at radius 2 is 1.73 bits per heavy atom. The molecule has 0 aromatic heterocycles. The highest BCUT2D eigenvalue weighted by molar-refractivity contribution is 5.79. The number of anilines is 1. The van der Waals surface area contributed by atoms with E-state index in [1.807, 2.05) is 30.4 Å². The first-order valence-electron chi connectivity index (χ1n) is 8.74. The Kier molecular flexibility index (Phi) is 5.84. The number of nitrogens with one attached hydrogen (secondary N) is 1. The molecule has 0 amide bonds. The highest BCUT2D eigenvalue weighted by Crippen LogP contribution is 2.23. The molecule has 1 aliphatic carbocycles. The molecule has 1 N–H and O–H groups in total. The zero-order valence-electron chi connectivity index (χ0n) is 14.9. The van der Waals surface area contributed by atoms with Crippen LogP contribution in [0.5, 0.6) is 0 Å². The minimum absolute atomic E-state index is 0.885. The molecule has 0 aliphatic heterocycles. The Balaban J connectivity index is 1.75. The van der Waals surface area contributed by atoms with Gasteiger partial charge in [-0.2, -0.15) is 0 Å². The molecule has 2 aromatic carbocycles. The summed E-state index contributed by atoms with van der Waals surface area (Å²) in [6, 6.07) is 18.8. The van der Waals surface area contributed by atoms with Crippen LogP contribution in [0.15, 0.2) is 116 Å². The van der Waals surface area contributed by atoms with Crippen LogP contribution in [-0.4, -0.2) is 0 Å². The summed E-state index contributed by atoms with van der Waals surface area (Å²) in [6.07, 6.45) is 15.2. The summed E-state index contributed by atoms with van der Waals surface area (Å²) in [5.74, 6) is 0. The molecule has 0 atom stereocenters. The molecule has 0 unspecified atom stereocenters. The van der Waals surface area contributed by atoms with E-state index >= 15 is 0 Å². The average molecular weight is 337 g/mol. The summed E-state index contributed by atoms with van der Waals surface area (Å²) in [6.45, 7) is 7.78. The molecule has 26 heavy (non-hydrogen) atoms. The molecule has 0 heterocycles. The fraction of sp³-hybridized carbons (Fsp3) is 0.0400. The van der Waals surface area contributed by atoms with Crippen molar-refractivity contribution in [3.8, 4) is 0 Å². The third-order valence-corrected chi connectivity index (χ3v) is 4.20. The van der Waals surface area contributed by atoms with E-state index in [4.69, 9.17) is 0 Å². The monoisotopic (exact) mass is 337 g/mol. The van der Waals surface area contributed by atoms with Crippen LogP contribution in [0.3, 0.4) is 0 Å². The fourth-order valence-electron chi connectivity index (χ4n) is 2.78. The summed E-state index contributed by atoms with van der Waals surface area (Å²) in [4.78, 5) is 0. The average Bonchev–Trinajstić information content (AvgIpc) is 2.92. The van der Waals surface area contributed by atoms with Crippen LogP contribution < -0.4 is 5.32 Å². The fourth-order valence-corrected chi connectivity index (χ4v) is 2.78. The van der Waals surface area contributed by atoms with Gasteiger partial charge in [0.05, 0.1) is 0 Å². The predicted octanol–water partition coefficient (Wildman–Crippen LogP) is 6.78. The van der Waals surface area contributed by atoms with Crippen LogP contribution in [0, 0.1) is 0 Å². The van der Waals surface area contributed by atoms with Crippen molar-refractivity contribution in [3.05, 3.63) is 127 Å². The van der Waals surface area contributed by atoms with E-state index in [0.29, 0.717) is 0 Å². The molecule has 3 rings (SSSR count). The first-order chi connectivity index (χ1) is 12.8. The van der Waals surface area contributed by atoms with E-state index in [1.54, 1.807) is 6.08 Å². The van der Waals surface area contributed by atoms with E-state index in [2.05, 4.69) is 79.2 Å². The second-order valence-electron chi connectivity index (χ2n) is 6.11. The van der Waals surface area contributed by atoms with Gasteiger partial charge in [-0.15, -0.1) is 0 Å². The molecule has 0 fully saturated rings. The van der Waals surface area contributed by atoms with E-state index in [9.17, 15) is 0 Å². The smallest absolute Gasteiger partial charge is 0.0381 e. The van der Waals surface area contributed by atoms with Crippen LogP contribution >= 0.6 is 0 Å². The standard InChI is InChI=1S/C25H23N/c1-3-4-9-20(2)21-14-16-23(17-15-21)22-10-8-13-25(19-18-22)26-24-11-6-5-7-12-24/h3-12,14-19,26H,1-2,13H2/b9-4-. The second kappa shape index (κ2) is 8.68. The first kappa shape index (κ1) is 17.5. The van der Waals surface area contributed by atoms with Crippen LogP contribution in [0.2, 0.25) is 0 Å². The Morgan fingerprint density at radius 3 is 2.46 bits per heavy atom. The van der Waals surface area contributed by atoms with Crippen molar-refractivity contribution in [1.29, 1.82) is 0 Å². The summed E-state index contributed by atoms with van der Waals surface area (Å²) < 4.78 is 0. The number of allylic oxidation sites excluding steroid dienone is 9. The molecule has 1 aliphatic rings. The Labute approximate surface area is 156 Å². The Bertz CT molecular complexity index is 891. The topological polar surface area (TPSA) is 12.0 Å². The van der Waals surface area contributed by atoms with Crippen molar-refractivity contribution in [2.24, 2.45) is 0 Å². The minimum atomic E-state index is 0.885. The number of para-hydroxylation sites is 1. The van der Waals surface area contributed by atoms with Crippen molar-refractivity contribution in [2.45, 2.75) is 6.42 Å². The van der Waals surface area contributed by atoms with Crippen LogP contribution in [0.1, 0.15) is 17.5 Å². The van der Waals surface area contributed by atoms with Gasteiger partial charge in [-0.05, 0) is 40.5 Å². The maximum Gasteiger partial charge on any atom is 0.0381 e. The van der Waals surface area contributed by atoms with Crippen molar-refractivity contribution < 1.29 is 0 Å². The van der Waals surface area contributed by atoms with Gasteiger partial charge in [-0.25, -0.2) is 0 Å². The summed E-state index contributed by atoms with van der Waals surface area (Å²) >= 11 is 0. The molecule has 1 nitrogen and oxygen atoms in total. The lowest BCUT2D eigenvalue weighted by molar-refractivity contribution is 1.22. The number of rotatable bonds is 6.